The SMILES string of the molecule is C1CCC(NCC2C3CCCCC32)CC1. The van der Waals surface area contributed by atoms with Crippen LogP contribution in [-0.4, -0.2) is 12.6 Å². The summed E-state index contributed by atoms with van der Waals surface area (Å²) in [5, 5.41) is 3.84. The molecule has 0 aliphatic heterocycles. The Morgan fingerprint density at radius 2 is 1.33 bits per heavy atom. The normalized spacial score (nSPS) is 41.2. The standard InChI is InChI=1S/C14H25N/c1-2-6-11(7-3-1)15-10-14-12-8-4-5-9-13(12)14/h11-15H,1-10H2. The zero-order valence-electron chi connectivity index (χ0n) is 9.88. The van der Waals surface area contributed by atoms with Crippen molar-refractivity contribution in [1.29, 1.82) is 0 Å². The van der Waals surface area contributed by atoms with Crippen LogP contribution in [0.1, 0.15) is 57.8 Å². The predicted octanol–water partition coefficient (Wildman–Crippen LogP) is 3.34. The molecule has 1 heteroatoms. The van der Waals surface area contributed by atoms with Gasteiger partial charge >= 0.3 is 0 Å². The third-order valence-corrected chi connectivity index (χ3v) is 5.08. The van der Waals surface area contributed by atoms with Crippen molar-refractivity contribution in [3.63, 3.8) is 0 Å². The first-order valence-electron chi connectivity index (χ1n) is 7.18. The van der Waals surface area contributed by atoms with Crippen molar-refractivity contribution in [3.8, 4) is 0 Å². The van der Waals surface area contributed by atoms with Gasteiger partial charge in [0, 0.05) is 6.04 Å². The molecule has 0 saturated heterocycles. The van der Waals surface area contributed by atoms with Crippen molar-refractivity contribution in [3.05, 3.63) is 0 Å². The maximum Gasteiger partial charge on any atom is 0.00671 e. The number of rotatable bonds is 3. The van der Waals surface area contributed by atoms with E-state index in [1.807, 2.05) is 0 Å². The van der Waals surface area contributed by atoms with E-state index < -0.39 is 0 Å². The Balaban J connectivity index is 1.39. The monoisotopic (exact) mass is 207 g/mol. The van der Waals surface area contributed by atoms with Crippen molar-refractivity contribution >= 4 is 0 Å². The fourth-order valence-corrected chi connectivity index (χ4v) is 4.05. The van der Waals surface area contributed by atoms with E-state index >= 15 is 0 Å². The summed E-state index contributed by atoms with van der Waals surface area (Å²) < 4.78 is 0. The first kappa shape index (κ1) is 10.1. The molecule has 0 heterocycles. The van der Waals surface area contributed by atoms with Gasteiger partial charge in [0.1, 0.15) is 0 Å². The second-order valence-electron chi connectivity index (χ2n) is 6.02. The topological polar surface area (TPSA) is 12.0 Å². The van der Waals surface area contributed by atoms with E-state index in [1.54, 1.807) is 12.8 Å². The summed E-state index contributed by atoms with van der Waals surface area (Å²) in [5.74, 6) is 3.35. The minimum absolute atomic E-state index is 0.876. The summed E-state index contributed by atoms with van der Waals surface area (Å²) in [6.07, 6.45) is 13.4. The minimum atomic E-state index is 0.876. The van der Waals surface area contributed by atoms with Crippen LogP contribution in [0, 0.1) is 17.8 Å². The van der Waals surface area contributed by atoms with Crippen LogP contribution in [0.25, 0.3) is 0 Å². The minimum Gasteiger partial charge on any atom is -0.314 e. The Kier molecular flexibility index (Phi) is 3.01. The van der Waals surface area contributed by atoms with Gasteiger partial charge in [-0.15, -0.1) is 0 Å². The molecule has 3 saturated carbocycles. The molecule has 0 amide bonds. The van der Waals surface area contributed by atoms with Gasteiger partial charge in [-0.1, -0.05) is 32.1 Å². The van der Waals surface area contributed by atoms with Gasteiger partial charge < -0.3 is 5.32 Å². The number of hydrogen-bond donors (Lipinski definition) is 1. The Bertz CT molecular complexity index is 195. The van der Waals surface area contributed by atoms with Crippen molar-refractivity contribution in [2.45, 2.75) is 63.8 Å². The highest BCUT2D eigenvalue weighted by atomic mass is 14.9. The molecule has 0 aromatic carbocycles. The molecule has 0 spiro atoms. The molecule has 3 aliphatic rings. The first-order chi connectivity index (χ1) is 7.45. The van der Waals surface area contributed by atoms with E-state index in [4.69, 9.17) is 0 Å². The smallest absolute Gasteiger partial charge is 0.00671 e. The molecule has 0 aromatic heterocycles. The Labute approximate surface area is 94.0 Å². The second-order valence-corrected chi connectivity index (χ2v) is 6.02. The molecule has 1 nitrogen and oxygen atoms in total. The summed E-state index contributed by atoms with van der Waals surface area (Å²) in [7, 11) is 0. The van der Waals surface area contributed by atoms with E-state index in [0.29, 0.717) is 0 Å². The maximum absolute atomic E-state index is 3.84. The molecule has 3 rings (SSSR count). The van der Waals surface area contributed by atoms with Gasteiger partial charge in [-0.2, -0.15) is 0 Å². The lowest BCUT2D eigenvalue weighted by atomic mass is 9.95. The largest absolute Gasteiger partial charge is 0.314 e. The highest BCUT2D eigenvalue weighted by Crippen LogP contribution is 2.54. The maximum atomic E-state index is 3.84. The highest BCUT2D eigenvalue weighted by Gasteiger charge is 2.49. The average Bonchev–Trinajstić information content (AvgIpc) is 3.01. The van der Waals surface area contributed by atoms with Crippen LogP contribution >= 0.6 is 0 Å². The molecule has 86 valence electrons. The molecule has 2 unspecified atom stereocenters. The summed E-state index contributed by atoms with van der Waals surface area (Å²) in [6, 6.07) is 0.876. The van der Waals surface area contributed by atoms with Crippen LogP contribution in [-0.2, 0) is 0 Å². The summed E-state index contributed by atoms with van der Waals surface area (Å²) in [4.78, 5) is 0. The Morgan fingerprint density at radius 3 is 2.00 bits per heavy atom. The molecule has 0 radical (unpaired) electrons. The molecule has 3 fully saturated rings. The lowest BCUT2D eigenvalue weighted by Gasteiger charge is -2.22. The zero-order valence-corrected chi connectivity index (χ0v) is 9.88. The van der Waals surface area contributed by atoms with Crippen LogP contribution in [0.5, 0.6) is 0 Å². The average molecular weight is 207 g/mol. The zero-order chi connectivity index (χ0) is 10.1. The number of nitrogens with one attached hydrogen (secondary N) is 1. The third kappa shape index (κ3) is 2.22. The van der Waals surface area contributed by atoms with Crippen molar-refractivity contribution in [2.75, 3.05) is 6.54 Å². The van der Waals surface area contributed by atoms with Crippen LogP contribution in [0.2, 0.25) is 0 Å². The van der Waals surface area contributed by atoms with Crippen molar-refractivity contribution in [1.82, 2.24) is 5.32 Å². The van der Waals surface area contributed by atoms with Crippen molar-refractivity contribution < 1.29 is 0 Å². The van der Waals surface area contributed by atoms with Gasteiger partial charge in [0.15, 0.2) is 0 Å². The van der Waals surface area contributed by atoms with Gasteiger partial charge in [-0.3, -0.25) is 0 Å². The fraction of sp³-hybridized carbons (Fsp3) is 1.00. The van der Waals surface area contributed by atoms with Gasteiger partial charge in [0.2, 0.25) is 0 Å². The van der Waals surface area contributed by atoms with E-state index in [2.05, 4.69) is 5.32 Å². The first-order valence-corrected chi connectivity index (χ1v) is 7.18. The van der Waals surface area contributed by atoms with E-state index in [-0.39, 0.29) is 0 Å². The molecular formula is C14H25N. The van der Waals surface area contributed by atoms with Gasteiger partial charge in [0.25, 0.3) is 0 Å². The summed E-state index contributed by atoms with van der Waals surface area (Å²) >= 11 is 0. The highest BCUT2D eigenvalue weighted by molar-refractivity contribution is 5.00. The number of fused-ring (bicyclic) bond motifs is 1. The molecule has 1 N–H and O–H groups in total. The van der Waals surface area contributed by atoms with Crippen molar-refractivity contribution in [2.24, 2.45) is 17.8 Å². The molecule has 0 aromatic rings. The molecular weight excluding hydrogens is 182 g/mol. The van der Waals surface area contributed by atoms with Crippen LogP contribution < -0.4 is 5.32 Å². The lowest BCUT2D eigenvalue weighted by Crippen LogP contribution is -2.32. The molecule has 0 bridgehead atoms. The number of hydrogen-bond acceptors (Lipinski definition) is 1. The molecule has 3 aliphatic carbocycles. The van der Waals surface area contributed by atoms with E-state index in [1.165, 1.54) is 51.5 Å². The summed E-state index contributed by atoms with van der Waals surface area (Å²) in [6.45, 7) is 1.35. The van der Waals surface area contributed by atoms with E-state index in [0.717, 1.165) is 23.8 Å². The van der Waals surface area contributed by atoms with Crippen LogP contribution in [0.3, 0.4) is 0 Å². The van der Waals surface area contributed by atoms with Gasteiger partial charge in [-0.05, 0) is 50.0 Å². The third-order valence-electron chi connectivity index (χ3n) is 5.08. The Morgan fingerprint density at radius 1 is 0.733 bits per heavy atom. The van der Waals surface area contributed by atoms with Crippen LogP contribution in [0.4, 0.5) is 0 Å². The van der Waals surface area contributed by atoms with E-state index in [9.17, 15) is 0 Å². The fourth-order valence-electron chi connectivity index (χ4n) is 4.05. The predicted molar refractivity (Wildman–Crippen MR) is 63.8 cm³/mol. The second kappa shape index (κ2) is 4.45. The quantitative estimate of drug-likeness (QED) is 0.748. The Hall–Kier alpha value is -0.0400. The summed E-state index contributed by atoms with van der Waals surface area (Å²) in [5.41, 5.74) is 0. The van der Waals surface area contributed by atoms with Gasteiger partial charge in [-0.25, -0.2) is 0 Å². The van der Waals surface area contributed by atoms with Gasteiger partial charge in [0.05, 0.1) is 0 Å². The molecule has 15 heavy (non-hydrogen) atoms. The van der Waals surface area contributed by atoms with Crippen LogP contribution in [0.15, 0.2) is 0 Å². The lowest BCUT2D eigenvalue weighted by molar-refractivity contribution is 0.364. The molecule has 2 atom stereocenters.